The highest BCUT2D eigenvalue weighted by Gasteiger charge is 2.17. The van der Waals surface area contributed by atoms with Crippen LogP contribution in [0.15, 0.2) is 42.5 Å². The first-order valence-corrected chi connectivity index (χ1v) is 8.06. The van der Waals surface area contributed by atoms with E-state index in [9.17, 15) is 0 Å². The van der Waals surface area contributed by atoms with Gasteiger partial charge in [0.2, 0.25) is 0 Å². The molecular formula is C18H14INO. The Morgan fingerprint density at radius 3 is 2.38 bits per heavy atom. The van der Waals surface area contributed by atoms with Crippen LogP contribution in [0, 0.1) is 10.5 Å². The molecule has 0 radical (unpaired) electrons. The van der Waals surface area contributed by atoms with Crippen LogP contribution in [-0.2, 0) is 18.0 Å². The van der Waals surface area contributed by atoms with Gasteiger partial charge < -0.3 is 4.74 Å². The fourth-order valence-electron chi connectivity index (χ4n) is 2.90. The highest BCUT2D eigenvalue weighted by molar-refractivity contribution is 14.1. The van der Waals surface area contributed by atoms with E-state index >= 15 is 0 Å². The van der Waals surface area contributed by atoms with E-state index in [1.54, 1.807) is 0 Å². The van der Waals surface area contributed by atoms with Crippen LogP contribution in [0.3, 0.4) is 0 Å². The Balaban J connectivity index is 2.03. The Hall–Kier alpha value is -1.46. The lowest BCUT2D eigenvalue weighted by Gasteiger charge is -2.12. The van der Waals surface area contributed by atoms with Crippen LogP contribution >= 0.6 is 22.6 Å². The number of benzene rings is 2. The third-order valence-electron chi connectivity index (χ3n) is 4.02. The Bertz CT molecular complexity index is 843. The molecule has 4 rings (SSSR count). The van der Waals surface area contributed by atoms with Gasteiger partial charge in [-0.1, -0.05) is 30.3 Å². The smallest absolute Gasteiger partial charge is 0.0845 e. The second-order valence-corrected chi connectivity index (χ2v) is 6.46. The van der Waals surface area contributed by atoms with Gasteiger partial charge >= 0.3 is 0 Å². The van der Waals surface area contributed by atoms with Gasteiger partial charge in [0.1, 0.15) is 0 Å². The zero-order chi connectivity index (χ0) is 14.4. The Morgan fingerprint density at radius 2 is 1.67 bits per heavy atom. The zero-order valence-corrected chi connectivity index (χ0v) is 13.8. The number of ether oxygens (including phenoxy) is 1. The summed E-state index contributed by atoms with van der Waals surface area (Å²) in [5.41, 5.74) is 5.93. The first-order valence-electron chi connectivity index (χ1n) is 6.99. The van der Waals surface area contributed by atoms with Crippen LogP contribution in [-0.4, -0.2) is 4.98 Å². The lowest BCUT2D eigenvalue weighted by molar-refractivity contribution is 0.134. The standard InChI is InChI=1S/C18H14INO/c1-11-15-7-13-9-21-10-14(13)8-16(15)17(19)18(20-11)12-5-3-2-4-6-12/h2-8H,9-10H2,1H3. The summed E-state index contributed by atoms with van der Waals surface area (Å²) in [7, 11) is 0. The van der Waals surface area contributed by atoms with E-state index in [4.69, 9.17) is 9.72 Å². The average Bonchev–Trinajstić information content (AvgIpc) is 2.97. The van der Waals surface area contributed by atoms with Crippen LogP contribution < -0.4 is 0 Å². The second kappa shape index (κ2) is 5.07. The molecule has 0 spiro atoms. The molecule has 0 saturated heterocycles. The summed E-state index contributed by atoms with van der Waals surface area (Å²) in [5.74, 6) is 0. The normalized spacial score (nSPS) is 13.6. The molecule has 104 valence electrons. The summed E-state index contributed by atoms with van der Waals surface area (Å²) in [4.78, 5) is 4.85. The van der Waals surface area contributed by atoms with E-state index in [1.807, 2.05) is 6.07 Å². The van der Waals surface area contributed by atoms with Crippen LogP contribution in [0.4, 0.5) is 0 Å². The summed E-state index contributed by atoms with van der Waals surface area (Å²) in [6.45, 7) is 3.54. The summed E-state index contributed by atoms with van der Waals surface area (Å²) < 4.78 is 6.77. The number of rotatable bonds is 1. The second-order valence-electron chi connectivity index (χ2n) is 5.39. The molecule has 0 aliphatic carbocycles. The first-order chi connectivity index (χ1) is 10.2. The molecule has 0 saturated carbocycles. The molecule has 1 aromatic heterocycles. The molecule has 2 heterocycles. The van der Waals surface area contributed by atoms with Crippen molar-refractivity contribution in [1.29, 1.82) is 0 Å². The quantitative estimate of drug-likeness (QED) is 0.558. The van der Waals surface area contributed by atoms with Crippen molar-refractivity contribution >= 4 is 33.4 Å². The Kier molecular flexibility index (Phi) is 3.19. The van der Waals surface area contributed by atoms with Crippen molar-refractivity contribution in [2.45, 2.75) is 20.1 Å². The minimum atomic E-state index is 0.724. The summed E-state index contributed by atoms with van der Waals surface area (Å²) in [6.07, 6.45) is 0. The van der Waals surface area contributed by atoms with E-state index in [-0.39, 0.29) is 0 Å². The number of nitrogens with zero attached hydrogens (tertiary/aromatic N) is 1. The van der Waals surface area contributed by atoms with Gasteiger partial charge in [-0.15, -0.1) is 0 Å². The maximum absolute atomic E-state index is 5.56. The number of halogens is 1. The molecule has 0 unspecified atom stereocenters. The largest absolute Gasteiger partial charge is 0.372 e. The maximum Gasteiger partial charge on any atom is 0.0845 e. The molecule has 3 heteroatoms. The van der Waals surface area contributed by atoms with Crippen LogP contribution in [0.2, 0.25) is 0 Å². The van der Waals surface area contributed by atoms with Gasteiger partial charge in [-0.2, -0.15) is 0 Å². The third kappa shape index (κ3) is 2.15. The number of fused-ring (bicyclic) bond motifs is 2. The monoisotopic (exact) mass is 387 g/mol. The summed E-state index contributed by atoms with van der Waals surface area (Å²) in [6, 6.07) is 14.9. The Labute approximate surface area is 137 Å². The van der Waals surface area contributed by atoms with Gasteiger partial charge in [0, 0.05) is 20.2 Å². The molecule has 0 amide bonds. The van der Waals surface area contributed by atoms with Crippen molar-refractivity contribution in [1.82, 2.24) is 4.98 Å². The maximum atomic E-state index is 5.56. The summed E-state index contributed by atoms with van der Waals surface area (Å²) >= 11 is 2.42. The Morgan fingerprint density at radius 1 is 1.00 bits per heavy atom. The lowest BCUT2D eigenvalue weighted by atomic mass is 10.00. The fourth-order valence-corrected chi connectivity index (χ4v) is 3.78. The third-order valence-corrected chi connectivity index (χ3v) is 5.11. The predicted octanol–water partition coefficient (Wildman–Crippen LogP) is 4.85. The van der Waals surface area contributed by atoms with E-state index in [0.29, 0.717) is 0 Å². The van der Waals surface area contributed by atoms with E-state index in [0.717, 1.165) is 24.6 Å². The van der Waals surface area contributed by atoms with Crippen LogP contribution in [0.5, 0.6) is 0 Å². The number of aromatic nitrogens is 1. The number of hydrogen-bond donors (Lipinski definition) is 0. The minimum absolute atomic E-state index is 0.724. The van der Waals surface area contributed by atoms with Crippen molar-refractivity contribution in [2.24, 2.45) is 0 Å². The topological polar surface area (TPSA) is 22.1 Å². The van der Waals surface area contributed by atoms with Crippen molar-refractivity contribution in [3.8, 4) is 11.3 Å². The highest BCUT2D eigenvalue weighted by Crippen LogP contribution is 2.34. The molecule has 2 nitrogen and oxygen atoms in total. The van der Waals surface area contributed by atoms with Gasteiger partial charge in [0.05, 0.1) is 18.9 Å². The first kappa shape index (κ1) is 13.2. The van der Waals surface area contributed by atoms with Gasteiger partial charge in [-0.25, -0.2) is 0 Å². The summed E-state index contributed by atoms with van der Waals surface area (Å²) in [5, 5.41) is 2.52. The van der Waals surface area contributed by atoms with Gasteiger partial charge in [-0.3, -0.25) is 4.98 Å². The fraction of sp³-hybridized carbons (Fsp3) is 0.167. The molecule has 2 aromatic carbocycles. The molecule has 0 atom stereocenters. The van der Waals surface area contributed by atoms with Crippen molar-refractivity contribution in [3.05, 3.63) is 62.9 Å². The molecule has 0 fully saturated rings. The van der Waals surface area contributed by atoms with E-state index < -0.39 is 0 Å². The van der Waals surface area contributed by atoms with Gasteiger partial charge in [-0.05, 0) is 58.2 Å². The molecular weight excluding hydrogens is 373 g/mol. The average molecular weight is 387 g/mol. The molecule has 0 bridgehead atoms. The molecule has 3 aromatic rings. The molecule has 0 N–H and O–H groups in total. The zero-order valence-electron chi connectivity index (χ0n) is 11.7. The molecule has 1 aliphatic rings. The predicted molar refractivity (Wildman–Crippen MR) is 93.1 cm³/mol. The SMILES string of the molecule is Cc1nc(-c2ccccc2)c(I)c2cc3c(cc12)COC3. The van der Waals surface area contributed by atoms with E-state index in [1.165, 1.54) is 31.0 Å². The van der Waals surface area contributed by atoms with Gasteiger partial charge in [0.25, 0.3) is 0 Å². The highest BCUT2D eigenvalue weighted by atomic mass is 127. The van der Waals surface area contributed by atoms with Crippen LogP contribution in [0.1, 0.15) is 16.8 Å². The van der Waals surface area contributed by atoms with Crippen molar-refractivity contribution in [3.63, 3.8) is 0 Å². The van der Waals surface area contributed by atoms with Crippen LogP contribution in [0.25, 0.3) is 22.0 Å². The minimum Gasteiger partial charge on any atom is -0.372 e. The molecule has 1 aliphatic heterocycles. The van der Waals surface area contributed by atoms with E-state index in [2.05, 4.69) is 65.9 Å². The lowest BCUT2D eigenvalue weighted by Crippen LogP contribution is -1.96. The van der Waals surface area contributed by atoms with Crippen molar-refractivity contribution in [2.75, 3.05) is 0 Å². The molecule has 21 heavy (non-hydrogen) atoms. The van der Waals surface area contributed by atoms with Gasteiger partial charge in [0.15, 0.2) is 0 Å². The van der Waals surface area contributed by atoms with Crippen molar-refractivity contribution < 1.29 is 4.74 Å². The number of hydrogen-bond acceptors (Lipinski definition) is 2. The number of pyridine rings is 1. The number of aryl methyl sites for hydroxylation is 1.